The minimum Gasteiger partial charge on any atom is -0.358 e. The molecule has 130 valence electrons. The van der Waals surface area contributed by atoms with Gasteiger partial charge in [-0.1, -0.05) is 41.7 Å². The number of rotatable bonds is 2. The van der Waals surface area contributed by atoms with E-state index in [9.17, 15) is 0 Å². The molecule has 0 amide bonds. The van der Waals surface area contributed by atoms with E-state index in [0.29, 0.717) is 0 Å². The molecule has 0 radical (unpaired) electrons. The zero-order valence-corrected chi connectivity index (χ0v) is 16.7. The van der Waals surface area contributed by atoms with Gasteiger partial charge in [0.25, 0.3) is 0 Å². The monoisotopic (exact) mass is 402 g/mol. The summed E-state index contributed by atoms with van der Waals surface area (Å²) in [6.07, 6.45) is 0. The maximum absolute atomic E-state index is 4.76. The van der Waals surface area contributed by atoms with E-state index < -0.39 is 0 Å². The van der Waals surface area contributed by atoms with Crippen LogP contribution in [-0.4, -0.2) is 33.1 Å². The number of nitrogens with zero attached hydrogens (tertiary/aromatic N) is 3. The molecule has 4 rings (SSSR count). The highest BCUT2D eigenvalue weighted by atomic mass is 35.5. The molecule has 3 aliphatic rings. The number of amidine groups is 2. The van der Waals surface area contributed by atoms with Gasteiger partial charge in [-0.3, -0.25) is 4.99 Å². The Bertz CT molecular complexity index is 716. The highest BCUT2D eigenvalue weighted by molar-refractivity contribution is 8.17. The molecule has 0 atom stereocenters. The Kier molecular flexibility index (Phi) is 6.18. The second kappa shape index (κ2) is 7.60. The molecule has 24 heavy (non-hydrogen) atoms. The van der Waals surface area contributed by atoms with E-state index in [1.807, 2.05) is 6.07 Å². The highest BCUT2D eigenvalue weighted by Crippen LogP contribution is 2.37. The predicted molar refractivity (Wildman–Crippen MR) is 111 cm³/mol. The van der Waals surface area contributed by atoms with Gasteiger partial charge in [-0.15, -0.1) is 24.8 Å². The lowest BCUT2D eigenvalue weighted by atomic mass is 10.1. The fraction of sp³-hybridized carbons (Fsp3) is 0.375. The fourth-order valence-electron chi connectivity index (χ4n) is 2.63. The molecule has 4 nitrogen and oxygen atoms in total. The van der Waals surface area contributed by atoms with Crippen molar-refractivity contribution in [3.8, 4) is 0 Å². The first-order valence-electron chi connectivity index (χ1n) is 7.36. The fourth-order valence-corrected chi connectivity index (χ4v) is 4.67. The van der Waals surface area contributed by atoms with Crippen LogP contribution in [0.4, 0.5) is 5.69 Å². The first kappa shape index (κ1) is 19.5. The lowest BCUT2D eigenvalue weighted by molar-refractivity contribution is 0.507. The van der Waals surface area contributed by atoms with Crippen molar-refractivity contribution in [3.05, 3.63) is 40.9 Å². The lowest BCUT2D eigenvalue weighted by Crippen LogP contribution is -2.38. The number of para-hydroxylation sites is 1. The molecular weight excluding hydrogens is 383 g/mol. The van der Waals surface area contributed by atoms with Crippen molar-refractivity contribution >= 4 is 64.4 Å². The van der Waals surface area contributed by atoms with Crippen LogP contribution < -0.4 is 5.32 Å². The average Bonchev–Trinajstić information content (AvgIpc) is 3.05. The molecule has 1 aromatic rings. The van der Waals surface area contributed by atoms with Gasteiger partial charge in [0.1, 0.15) is 0 Å². The summed E-state index contributed by atoms with van der Waals surface area (Å²) in [6, 6.07) is 8.38. The number of hydrogen-bond acceptors (Lipinski definition) is 6. The molecule has 0 fully saturated rings. The SMILES string of the molecule is CC1(C)CN=C(SCC2=CSC3=Nc4ccccc4CN23)N1.Cl.Cl. The third-order valence-electron chi connectivity index (χ3n) is 3.83. The largest absolute Gasteiger partial charge is 0.358 e. The topological polar surface area (TPSA) is 40.0 Å². The molecule has 0 bridgehead atoms. The number of fused-ring (bicyclic) bond motifs is 2. The van der Waals surface area contributed by atoms with Crippen molar-refractivity contribution in [1.29, 1.82) is 0 Å². The third kappa shape index (κ3) is 3.87. The Morgan fingerprint density at radius 2 is 2.08 bits per heavy atom. The van der Waals surface area contributed by atoms with Crippen LogP contribution in [0.3, 0.4) is 0 Å². The molecule has 0 spiro atoms. The van der Waals surface area contributed by atoms with Gasteiger partial charge in [0.15, 0.2) is 10.3 Å². The predicted octanol–water partition coefficient (Wildman–Crippen LogP) is 4.39. The minimum absolute atomic E-state index is 0. The lowest BCUT2D eigenvalue weighted by Gasteiger charge is -2.27. The van der Waals surface area contributed by atoms with Crippen molar-refractivity contribution in [2.45, 2.75) is 25.9 Å². The number of halogens is 2. The zero-order valence-electron chi connectivity index (χ0n) is 13.5. The summed E-state index contributed by atoms with van der Waals surface area (Å²) < 4.78 is 0. The smallest absolute Gasteiger partial charge is 0.173 e. The Labute approximate surface area is 163 Å². The van der Waals surface area contributed by atoms with E-state index in [1.54, 1.807) is 23.5 Å². The Balaban J connectivity index is 0.00000104. The summed E-state index contributed by atoms with van der Waals surface area (Å²) in [4.78, 5) is 11.7. The summed E-state index contributed by atoms with van der Waals surface area (Å²) in [7, 11) is 0. The second-order valence-electron chi connectivity index (χ2n) is 6.26. The van der Waals surface area contributed by atoms with Gasteiger partial charge in [0.2, 0.25) is 0 Å². The first-order valence-corrected chi connectivity index (χ1v) is 9.23. The zero-order chi connectivity index (χ0) is 15.2. The van der Waals surface area contributed by atoms with Crippen LogP contribution in [0.25, 0.3) is 0 Å². The third-order valence-corrected chi connectivity index (χ3v) is 5.69. The molecule has 3 heterocycles. The van der Waals surface area contributed by atoms with Crippen LogP contribution in [0.2, 0.25) is 0 Å². The number of benzene rings is 1. The molecule has 3 aliphatic heterocycles. The van der Waals surface area contributed by atoms with Gasteiger partial charge >= 0.3 is 0 Å². The van der Waals surface area contributed by atoms with Gasteiger partial charge in [0, 0.05) is 11.4 Å². The molecule has 1 aromatic carbocycles. The van der Waals surface area contributed by atoms with Crippen LogP contribution in [0.15, 0.2) is 45.4 Å². The van der Waals surface area contributed by atoms with Gasteiger partial charge < -0.3 is 10.2 Å². The molecular formula is C16H20Cl2N4S2. The van der Waals surface area contributed by atoms with Crippen molar-refractivity contribution in [2.75, 3.05) is 12.3 Å². The molecule has 0 saturated heterocycles. The second-order valence-corrected chi connectivity index (χ2v) is 8.06. The summed E-state index contributed by atoms with van der Waals surface area (Å²) >= 11 is 3.50. The minimum atomic E-state index is 0. The number of thioether (sulfide) groups is 2. The Hall–Kier alpha value is -0.820. The average molecular weight is 403 g/mol. The number of nitrogens with one attached hydrogen (secondary N) is 1. The maximum Gasteiger partial charge on any atom is 0.173 e. The van der Waals surface area contributed by atoms with Crippen LogP contribution in [0.5, 0.6) is 0 Å². The number of aliphatic imine (C=N–C) groups is 2. The molecule has 0 unspecified atom stereocenters. The van der Waals surface area contributed by atoms with Gasteiger partial charge in [-0.25, -0.2) is 4.99 Å². The Morgan fingerprint density at radius 3 is 2.83 bits per heavy atom. The molecule has 0 aliphatic carbocycles. The van der Waals surface area contributed by atoms with E-state index >= 15 is 0 Å². The molecule has 0 saturated carbocycles. The van der Waals surface area contributed by atoms with Crippen LogP contribution >= 0.6 is 48.3 Å². The summed E-state index contributed by atoms with van der Waals surface area (Å²) in [6.45, 7) is 6.13. The van der Waals surface area contributed by atoms with Crippen molar-refractivity contribution in [3.63, 3.8) is 0 Å². The molecule has 8 heteroatoms. The standard InChI is InChI=1S/C16H18N4S2.2ClH/c1-16(2)10-17-14(19-16)21-8-12-9-22-15-18-13-6-4-3-5-11(13)7-20(12)15;;/h3-6,9H,7-8,10H2,1-2H3,(H,17,19);2*1H. The van der Waals surface area contributed by atoms with E-state index in [-0.39, 0.29) is 30.4 Å². The van der Waals surface area contributed by atoms with Crippen molar-refractivity contribution in [1.82, 2.24) is 10.2 Å². The quantitative estimate of drug-likeness (QED) is 0.795. The molecule has 0 aromatic heterocycles. The summed E-state index contributed by atoms with van der Waals surface area (Å²) in [5.74, 6) is 0.927. The van der Waals surface area contributed by atoms with Gasteiger partial charge in [-0.2, -0.15) is 0 Å². The van der Waals surface area contributed by atoms with E-state index in [1.165, 1.54) is 11.3 Å². The van der Waals surface area contributed by atoms with Gasteiger partial charge in [0.05, 0.1) is 24.3 Å². The normalized spacial score (nSPS) is 19.8. The molecule has 1 N–H and O–H groups in total. The van der Waals surface area contributed by atoms with Crippen LogP contribution in [0.1, 0.15) is 19.4 Å². The van der Waals surface area contributed by atoms with Gasteiger partial charge in [-0.05, 0) is 30.9 Å². The summed E-state index contributed by atoms with van der Waals surface area (Å²) in [5.41, 5.74) is 3.81. The summed E-state index contributed by atoms with van der Waals surface area (Å²) in [5, 5.41) is 7.84. The van der Waals surface area contributed by atoms with Crippen LogP contribution in [-0.2, 0) is 6.54 Å². The van der Waals surface area contributed by atoms with Crippen molar-refractivity contribution < 1.29 is 0 Å². The van der Waals surface area contributed by atoms with Crippen molar-refractivity contribution in [2.24, 2.45) is 9.98 Å². The van der Waals surface area contributed by atoms with Crippen LogP contribution in [0, 0.1) is 0 Å². The Morgan fingerprint density at radius 1 is 1.29 bits per heavy atom. The van der Waals surface area contributed by atoms with E-state index in [4.69, 9.17) is 4.99 Å². The maximum atomic E-state index is 4.76. The first-order chi connectivity index (χ1) is 10.6. The van der Waals surface area contributed by atoms with E-state index in [2.05, 4.69) is 52.7 Å². The van der Waals surface area contributed by atoms with E-state index in [0.717, 1.165) is 34.9 Å². The number of hydrogen-bond donors (Lipinski definition) is 1. The highest BCUT2D eigenvalue weighted by Gasteiger charge is 2.29.